The van der Waals surface area contributed by atoms with Crippen LogP contribution in [0, 0.1) is 0 Å². The van der Waals surface area contributed by atoms with Gasteiger partial charge in [-0.3, -0.25) is 0 Å². The fourth-order valence-electron chi connectivity index (χ4n) is 3.82. The maximum absolute atomic E-state index is 13.3. The molecule has 1 atom stereocenters. The number of hydrogen-bond donors (Lipinski definition) is 0. The van der Waals surface area contributed by atoms with Crippen molar-refractivity contribution in [3.05, 3.63) is 48.4 Å². The van der Waals surface area contributed by atoms with Crippen LogP contribution in [-0.2, 0) is 10.0 Å². The topological polar surface area (TPSA) is 104 Å². The molecule has 0 aliphatic carbocycles. The van der Waals surface area contributed by atoms with Gasteiger partial charge in [0, 0.05) is 19.2 Å². The number of nitrogens with zero attached hydrogens (tertiary/aromatic N) is 3. The highest BCUT2D eigenvalue weighted by Gasteiger charge is 2.34. The van der Waals surface area contributed by atoms with E-state index < -0.39 is 10.0 Å². The Morgan fingerprint density at radius 2 is 1.72 bits per heavy atom. The minimum atomic E-state index is -3.73. The lowest BCUT2D eigenvalue weighted by Gasteiger charge is -2.30. The van der Waals surface area contributed by atoms with Crippen LogP contribution < -0.4 is 14.2 Å². The lowest BCUT2D eigenvalue weighted by atomic mass is 10.00. The van der Waals surface area contributed by atoms with Crippen LogP contribution in [0.5, 0.6) is 17.2 Å². The van der Waals surface area contributed by atoms with Crippen LogP contribution in [0.1, 0.15) is 24.7 Å². The molecule has 2 aromatic carbocycles. The normalized spacial score (nSPS) is 17.2. The third-order valence-electron chi connectivity index (χ3n) is 5.50. The van der Waals surface area contributed by atoms with Gasteiger partial charge in [0.25, 0.3) is 5.89 Å². The summed E-state index contributed by atoms with van der Waals surface area (Å²) in [6, 6.07) is 12.0. The Balaban J connectivity index is 1.57. The van der Waals surface area contributed by atoms with Gasteiger partial charge < -0.3 is 18.6 Å². The molecule has 3 aromatic rings. The molecule has 0 amide bonds. The molecular weight excluding hydrogens is 434 g/mol. The molecule has 0 N–H and O–H groups in total. The summed E-state index contributed by atoms with van der Waals surface area (Å²) < 4.78 is 49.8. The summed E-state index contributed by atoms with van der Waals surface area (Å²) in [5, 5.41) is 8.36. The van der Waals surface area contributed by atoms with Crippen molar-refractivity contribution < 1.29 is 27.0 Å². The van der Waals surface area contributed by atoms with Crippen molar-refractivity contribution in [2.24, 2.45) is 0 Å². The van der Waals surface area contributed by atoms with Gasteiger partial charge in [-0.2, -0.15) is 4.31 Å². The maximum Gasteiger partial charge on any atom is 0.251 e. The third kappa shape index (κ3) is 4.15. The highest BCUT2D eigenvalue weighted by Crippen LogP contribution is 2.35. The van der Waals surface area contributed by atoms with Gasteiger partial charge in [0.15, 0.2) is 11.5 Å². The molecule has 0 radical (unpaired) electrons. The second kappa shape index (κ2) is 9.17. The van der Waals surface area contributed by atoms with E-state index in [2.05, 4.69) is 10.2 Å². The van der Waals surface area contributed by atoms with Crippen molar-refractivity contribution >= 4 is 10.0 Å². The molecule has 170 valence electrons. The van der Waals surface area contributed by atoms with Gasteiger partial charge in [0.05, 0.1) is 37.7 Å². The van der Waals surface area contributed by atoms with Crippen molar-refractivity contribution in [2.45, 2.75) is 23.7 Å². The minimum absolute atomic E-state index is 0.149. The van der Waals surface area contributed by atoms with Crippen LogP contribution >= 0.6 is 0 Å². The molecule has 1 aliphatic heterocycles. The second-order valence-corrected chi connectivity index (χ2v) is 9.30. The first-order valence-electron chi connectivity index (χ1n) is 10.2. The number of aromatic nitrogens is 2. The summed E-state index contributed by atoms with van der Waals surface area (Å²) in [4.78, 5) is 0.149. The molecule has 10 heteroatoms. The van der Waals surface area contributed by atoms with Gasteiger partial charge in [-0.25, -0.2) is 8.42 Å². The summed E-state index contributed by atoms with van der Waals surface area (Å²) in [5.41, 5.74) is 0.694. The van der Waals surface area contributed by atoms with Gasteiger partial charge >= 0.3 is 0 Å². The second-order valence-electron chi connectivity index (χ2n) is 7.36. The molecular formula is C22H25N3O6S. The zero-order valence-corrected chi connectivity index (χ0v) is 19.0. The summed E-state index contributed by atoms with van der Waals surface area (Å²) in [7, 11) is 0.826. The SMILES string of the molecule is COc1ccc(S(=O)(=O)N2CCCC(c3nnc(-c4ccccc4OC)o3)C2)cc1OC. The average Bonchev–Trinajstić information content (AvgIpc) is 3.33. The third-order valence-corrected chi connectivity index (χ3v) is 7.37. The molecule has 32 heavy (non-hydrogen) atoms. The molecule has 1 aromatic heterocycles. The number of methoxy groups -OCH3 is 3. The van der Waals surface area contributed by atoms with Crippen LogP contribution in [0.2, 0.25) is 0 Å². The number of para-hydroxylation sites is 1. The van der Waals surface area contributed by atoms with Crippen LogP contribution in [-0.4, -0.2) is 57.3 Å². The van der Waals surface area contributed by atoms with Crippen LogP contribution in [0.25, 0.3) is 11.5 Å². The van der Waals surface area contributed by atoms with E-state index in [1.807, 2.05) is 24.3 Å². The summed E-state index contributed by atoms with van der Waals surface area (Å²) in [5.74, 6) is 2.02. The quantitative estimate of drug-likeness (QED) is 0.530. The zero-order valence-electron chi connectivity index (χ0n) is 18.1. The van der Waals surface area contributed by atoms with E-state index in [1.54, 1.807) is 13.2 Å². The Morgan fingerprint density at radius 1 is 0.969 bits per heavy atom. The molecule has 0 saturated carbocycles. The molecule has 0 bridgehead atoms. The monoisotopic (exact) mass is 459 g/mol. The van der Waals surface area contributed by atoms with Gasteiger partial charge in [0.2, 0.25) is 15.9 Å². The van der Waals surface area contributed by atoms with E-state index in [4.69, 9.17) is 18.6 Å². The van der Waals surface area contributed by atoms with Crippen molar-refractivity contribution in [1.82, 2.24) is 14.5 Å². The van der Waals surface area contributed by atoms with Crippen molar-refractivity contribution in [2.75, 3.05) is 34.4 Å². The summed E-state index contributed by atoms with van der Waals surface area (Å²) >= 11 is 0. The summed E-state index contributed by atoms with van der Waals surface area (Å²) in [6.07, 6.45) is 1.44. The predicted molar refractivity (Wildman–Crippen MR) is 117 cm³/mol. The first-order chi connectivity index (χ1) is 15.5. The van der Waals surface area contributed by atoms with Gasteiger partial charge in [-0.1, -0.05) is 12.1 Å². The lowest BCUT2D eigenvalue weighted by Crippen LogP contribution is -2.39. The molecule has 1 fully saturated rings. The summed E-state index contributed by atoms with van der Waals surface area (Å²) in [6.45, 7) is 0.672. The molecule has 2 heterocycles. The maximum atomic E-state index is 13.3. The van der Waals surface area contributed by atoms with E-state index in [0.29, 0.717) is 47.6 Å². The standard InChI is InChI=1S/C22H25N3O6S/c1-28-18-9-5-4-8-17(18)22-24-23-21(31-22)15-7-6-12-25(14-15)32(26,27)16-10-11-19(29-2)20(13-16)30-3/h4-5,8-11,13,15H,6-7,12,14H2,1-3H3. The minimum Gasteiger partial charge on any atom is -0.496 e. The zero-order chi connectivity index (χ0) is 22.7. The Hall–Kier alpha value is -3.11. The predicted octanol–water partition coefficient (Wildman–Crippen LogP) is 3.33. The van der Waals surface area contributed by atoms with E-state index in [9.17, 15) is 8.42 Å². The number of sulfonamides is 1. The lowest BCUT2D eigenvalue weighted by molar-refractivity contribution is 0.286. The van der Waals surface area contributed by atoms with E-state index in [0.717, 1.165) is 6.42 Å². The Morgan fingerprint density at radius 3 is 2.47 bits per heavy atom. The Kier molecular flexibility index (Phi) is 6.33. The number of ether oxygens (including phenoxy) is 3. The van der Waals surface area contributed by atoms with Gasteiger partial charge in [-0.05, 0) is 37.1 Å². The highest BCUT2D eigenvalue weighted by atomic mass is 32.2. The number of rotatable bonds is 7. The molecule has 1 unspecified atom stereocenters. The number of benzene rings is 2. The average molecular weight is 460 g/mol. The highest BCUT2D eigenvalue weighted by molar-refractivity contribution is 7.89. The molecule has 0 spiro atoms. The Labute approximate surface area is 187 Å². The van der Waals surface area contributed by atoms with Gasteiger partial charge in [0.1, 0.15) is 5.75 Å². The number of hydrogen-bond acceptors (Lipinski definition) is 8. The van der Waals surface area contributed by atoms with E-state index in [-0.39, 0.29) is 17.4 Å². The molecule has 4 rings (SSSR count). The van der Waals surface area contributed by atoms with Crippen LogP contribution in [0.15, 0.2) is 51.8 Å². The fourth-order valence-corrected chi connectivity index (χ4v) is 5.36. The fraction of sp³-hybridized carbons (Fsp3) is 0.364. The van der Waals surface area contributed by atoms with Crippen LogP contribution in [0.4, 0.5) is 0 Å². The first kappa shape index (κ1) is 22.1. The van der Waals surface area contributed by atoms with Crippen molar-refractivity contribution in [3.63, 3.8) is 0 Å². The largest absolute Gasteiger partial charge is 0.496 e. The van der Waals surface area contributed by atoms with Crippen molar-refractivity contribution in [1.29, 1.82) is 0 Å². The van der Waals surface area contributed by atoms with Crippen molar-refractivity contribution in [3.8, 4) is 28.7 Å². The van der Waals surface area contributed by atoms with Crippen LogP contribution in [0.3, 0.4) is 0 Å². The molecule has 1 saturated heterocycles. The molecule has 1 aliphatic rings. The van der Waals surface area contributed by atoms with Gasteiger partial charge in [-0.15, -0.1) is 10.2 Å². The van der Waals surface area contributed by atoms with E-state index >= 15 is 0 Å². The first-order valence-corrected chi connectivity index (χ1v) is 11.6. The smallest absolute Gasteiger partial charge is 0.251 e. The Bertz CT molecular complexity index is 1190. The number of piperidine rings is 1. The molecule has 9 nitrogen and oxygen atoms in total. The van der Waals surface area contributed by atoms with E-state index in [1.165, 1.54) is 30.7 Å².